The molecule has 19 heavy (non-hydrogen) atoms. The van der Waals surface area contributed by atoms with Crippen LogP contribution in [0.4, 0.5) is 5.69 Å². The second-order valence-electron chi connectivity index (χ2n) is 4.23. The molecule has 0 unspecified atom stereocenters. The number of furan rings is 1. The van der Waals surface area contributed by atoms with Crippen LogP contribution in [0.15, 0.2) is 57.6 Å². The zero-order valence-corrected chi connectivity index (χ0v) is 11.7. The third kappa shape index (κ3) is 2.44. The Labute approximate surface area is 119 Å². The standard InChI is InChI=1S/C15H12BrNO2/c16-11-4-6-12(7-5-11)18-8-10-9-19-15-13(10)2-1-3-14(15)17/h1-7,9H,8,17H2. The maximum atomic E-state index is 5.85. The summed E-state index contributed by atoms with van der Waals surface area (Å²) in [5.41, 5.74) is 8.21. The number of anilines is 1. The average molecular weight is 318 g/mol. The summed E-state index contributed by atoms with van der Waals surface area (Å²) < 4.78 is 12.2. The molecule has 3 aromatic rings. The van der Waals surface area contributed by atoms with E-state index in [0.717, 1.165) is 26.8 Å². The van der Waals surface area contributed by atoms with Crippen molar-refractivity contribution in [2.75, 3.05) is 5.73 Å². The number of para-hydroxylation sites is 1. The lowest BCUT2D eigenvalue weighted by Gasteiger charge is -2.04. The van der Waals surface area contributed by atoms with Crippen LogP contribution >= 0.6 is 15.9 Å². The largest absolute Gasteiger partial charge is 0.489 e. The summed E-state index contributed by atoms with van der Waals surface area (Å²) in [6.45, 7) is 0.456. The molecule has 0 aliphatic rings. The molecule has 0 radical (unpaired) electrons. The molecule has 1 heterocycles. The minimum Gasteiger partial charge on any atom is -0.489 e. The van der Waals surface area contributed by atoms with Crippen molar-refractivity contribution in [2.24, 2.45) is 0 Å². The molecule has 3 nitrogen and oxygen atoms in total. The van der Waals surface area contributed by atoms with Crippen LogP contribution in [-0.2, 0) is 6.61 Å². The van der Waals surface area contributed by atoms with Gasteiger partial charge in [0.15, 0.2) is 5.58 Å². The zero-order valence-electron chi connectivity index (χ0n) is 10.1. The highest BCUT2D eigenvalue weighted by molar-refractivity contribution is 9.10. The van der Waals surface area contributed by atoms with Crippen LogP contribution in [0.3, 0.4) is 0 Å². The summed E-state index contributed by atoms with van der Waals surface area (Å²) in [7, 11) is 0. The first-order chi connectivity index (χ1) is 9.24. The van der Waals surface area contributed by atoms with Gasteiger partial charge >= 0.3 is 0 Å². The number of nitrogen functional groups attached to an aromatic ring is 1. The zero-order chi connectivity index (χ0) is 13.2. The minimum absolute atomic E-state index is 0.456. The quantitative estimate of drug-likeness (QED) is 0.730. The number of hydrogen-bond acceptors (Lipinski definition) is 3. The van der Waals surface area contributed by atoms with Gasteiger partial charge in [-0.3, -0.25) is 0 Å². The normalized spacial score (nSPS) is 10.8. The molecular formula is C15H12BrNO2. The number of nitrogens with two attached hydrogens (primary N) is 1. The lowest BCUT2D eigenvalue weighted by atomic mass is 10.1. The van der Waals surface area contributed by atoms with Gasteiger partial charge in [0.25, 0.3) is 0 Å². The summed E-state index contributed by atoms with van der Waals surface area (Å²) >= 11 is 3.39. The van der Waals surface area contributed by atoms with Gasteiger partial charge in [-0.05, 0) is 30.3 Å². The Morgan fingerprint density at radius 3 is 2.68 bits per heavy atom. The molecule has 2 N–H and O–H groups in total. The highest BCUT2D eigenvalue weighted by Crippen LogP contribution is 2.27. The Morgan fingerprint density at radius 1 is 1.11 bits per heavy atom. The second-order valence-corrected chi connectivity index (χ2v) is 5.14. The highest BCUT2D eigenvalue weighted by atomic mass is 79.9. The number of benzene rings is 2. The lowest BCUT2D eigenvalue weighted by molar-refractivity contribution is 0.306. The van der Waals surface area contributed by atoms with Crippen molar-refractivity contribution in [3.8, 4) is 5.75 Å². The van der Waals surface area contributed by atoms with E-state index in [1.807, 2.05) is 42.5 Å². The van der Waals surface area contributed by atoms with Crippen LogP contribution in [0.5, 0.6) is 5.75 Å². The van der Waals surface area contributed by atoms with Crippen molar-refractivity contribution in [3.05, 3.63) is 58.8 Å². The SMILES string of the molecule is Nc1cccc2c(COc3ccc(Br)cc3)coc12. The fourth-order valence-electron chi connectivity index (χ4n) is 1.94. The molecule has 0 spiro atoms. The van der Waals surface area contributed by atoms with E-state index < -0.39 is 0 Å². The Balaban J connectivity index is 1.82. The number of hydrogen-bond donors (Lipinski definition) is 1. The molecule has 0 amide bonds. The highest BCUT2D eigenvalue weighted by Gasteiger charge is 2.08. The van der Waals surface area contributed by atoms with E-state index in [-0.39, 0.29) is 0 Å². The van der Waals surface area contributed by atoms with Crippen LogP contribution < -0.4 is 10.5 Å². The summed E-state index contributed by atoms with van der Waals surface area (Å²) in [6.07, 6.45) is 1.69. The van der Waals surface area contributed by atoms with Crippen molar-refractivity contribution >= 4 is 32.6 Å². The first-order valence-electron chi connectivity index (χ1n) is 5.87. The molecule has 0 bridgehead atoms. The first-order valence-corrected chi connectivity index (χ1v) is 6.66. The van der Waals surface area contributed by atoms with Crippen molar-refractivity contribution in [2.45, 2.75) is 6.61 Å². The second kappa shape index (κ2) is 4.97. The topological polar surface area (TPSA) is 48.4 Å². The van der Waals surface area contributed by atoms with Crippen LogP contribution in [0, 0.1) is 0 Å². The molecule has 1 aromatic heterocycles. The maximum Gasteiger partial charge on any atom is 0.157 e. The number of fused-ring (bicyclic) bond motifs is 1. The van der Waals surface area contributed by atoms with Crippen molar-refractivity contribution in [1.82, 2.24) is 0 Å². The molecule has 96 valence electrons. The van der Waals surface area contributed by atoms with E-state index in [1.54, 1.807) is 6.26 Å². The monoisotopic (exact) mass is 317 g/mol. The molecule has 3 rings (SSSR count). The third-order valence-corrected chi connectivity index (χ3v) is 3.45. The van der Waals surface area contributed by atoms with Gasteiger partial charge in [-0.2, -0.15) is 0 Å². The van der Waals surface area contributed by atoms with Gasteiger partial charge in [0, 0.05) is 15.4 Å². The predicted molar refractivity (Wildman–Crippen MR) is 79.1 cm³/mol. The number of halogens is 1. The Hall–Kier alpha value is -1.94. The van der Waals surface area contributed by atoms with Gasteiger partial charge in [0.05, 0.1) is 12.0 Å². The van der Waals surface area contributed by atoms with E-state index in [2.05, 4.69) is 15.9 Å². The van der Waals surface area contributed by atoms with E-state index in [0.29, 0.717) is 12.3 Å². The average Bonchev–Trinajstić information content (AvgIpc) is 2.83. The smallest absolute Gasteiger partial charge is 0.157 e. The Kier molecular flexibility index (Phi) is 3.17. The predicted octanol–water partition coefficient (Wildman–Crippen LogP) is 4.36. The molecular weight excluding hydrogens is 306 g/mol. The van der Waals surface area contributed by atoms with Crippen LogP contribution in [0.25, 0.3) is 11.0 Å². The van der Waals surface area contributed by atoms with Crippen LogP contribution in [-0.4, -0.2) is 0 Å². The van der Waals surface area contributed by atoms with Gasteiger partial charge in [-0.15, -0.1) is 0 Å². The molecule has 0 saturated heterocycles. The maximum absolute atomic E-state index is 5.85. The third-order valence-electron chi connectivity index (χ3n) is 2.92. The van der Waals surface area contributed by atoms with Gasteiger partial charge in [0.1, 0.15) is 12.4 Å². The van der Waals surface area contributed by atoms with Crippen molar-refractivity contribution < 1.29 is 9.15 Å². The summed E-state index contributed by atoms with van der Waals surface area (Å²) in [5, 5.41) is 0.997. The van der Waals surface area contributed by atoms with Gasteiger partial charge in [0.2, 0.25) is 0 Å². The molecule has 0 fully saturated rings. The minimum atomic E-state index is 0.456. The Bertz CT molecular complexity index is 704. The fourth-order valence-corrected chi connectivity index (χ4v) is 2.20. The summed E-state index contributed by atoms with van der Waals surface area (Å²) in [5.74, 6) is 0.821. The van der Waals surface area contributed by atoms with E-state index in [4.69, 9.17) is 14.9 Å². The molecule has 4 heteroatoms. The van der Waals surface area contributed by atoms with Gasteiger partial charge in [-0.25, -0.2) is 0 Å². The lowest BCUT2D eigenvalue weighted by Crippen LogP contribution is -1.94. The molecule has 0 saturated carbocycles. The fraction of sp³-hybridized carbons (Fsp3) is 0.0667. The molecule has 2 aromatic carbocycles. The van der Waals surface area contributed by atoms with Gasteiger partial charge in [-0.1, -0.05) is 28.1 Å². The molecule has 0 aliphatic heterocycles. The number of ether oxygens (including phenoxy) is 1. The summed E-state index contributed by atoms with van der Waals surface area (Å²) in [4.78, 5) is 0. The molecule has 0 atom stereocenters. The van der Waals surface area contributed by atoms with E-state index >= 15 is 0 Å². The van der Waals surface area contributed by atoms with Crippen molar-refractivity contribution in [1.29, 1.82) is 0 Å². The Morgan fingerprint density at radius 2 is 1.89 bits per heavy atom. The van der Waals surface area contributed by atoms with E-state index in [9.17, 15) is 0 Å². The summed E-state index contributed by atoms with van der Waals surface area (Å²) in [6, 6.07) is 13.4. The number of rotatable bonds is 3. The van der Waals surface area contributed by atoms with Crippen molar-refractivity contribution in [3.63, 3.8) is 0 Å². The van der Waals surface area contributed by atoms with Crippen LogP contribution in [0.2, 0.25) is 0 Å². The van der Waals surface area contributed by atoms with Crippen LogP contribution in [0.1, 0.15) is 5.56 Å². The van der Waals surface area contributed by atoms with Gasteiger partial charge < -0.3 is 14.9 Å². The molecule has 0 aliphatic carbocycles. The first kappa shape index (κ1) is 12.1. The van der Waals surface area contributed by atoms with E-state index in [1.165, 1.54) is 0 Å².